The van der Waals surface area contributed by atoms with Crippen LogP contribution in [0.3, 0.4) is 0 Å². The number of ether oxygens (including phenoxy) is 2. The van der Waals surface area contributed by atoms with Gasteiger partial charge in [-0.3, -0.25) is 14.5 Å². The van der Waals surface area contributed by atoms with Gasteiger partial charge in [0.05, 0.1) is 12.7 Å². The molecule has 0 aromatic heterocycles. The third kappa shape index (κ3) is 9.28. The van der Waals surface area contributed by atoms with Gasteiger partial charge in [0.15, 0.2) is 0 Å². The van der Waals surface area contributed by atoms with Crippen molar-refractivity contribution in [3.8, 4) is 5.75 Å². The van der Waals surface area contributed by atoms with Crippen LogP contribution in [0.5, 0.6) is 5.75 Å². The highest BCUT2D eigenvalue weighted by Crippen LogP contribution is 2.31. The molecule has 8 heteroatoms. The van der Waals surface area contributed by atoms with Crippen molar-refractivity contribution in [1.29, 1.82) is 0 Å². The van der Waals surface area contributed by atoms with E-state index in [2.05, 4.69) is 47.6 Å². The number of piperazine rings is 1. The molecule has 4 rings (SSSR count). The van der Waals surface area contributed by atoms with E-state index in [1.54, 1.807) is 0 Å². The third-order valence-electron chi connectivity index (χ3n) is 8.07. The summed E-state index contributed by atoms with van der Waals surface area (Å²) >= 11 is 0. The van der Waals surface area contributed by atoms with Crippen LogP contribution in [-0.4, -0.2) is 68.2 Å². The smallest absolute Gasteiger partial charge is 0.246 e. The molecule has 1 atom stereocenters. The number of carbonyl (C=O) groups excluding carboxylic acids is 2. The summed E-state index contributed by atoms with van der Waals surface area (Å²) < 4.78 is 11.8. The molecule has 2 aromatic rings. The molecule has 2 fully saturated rings. The Balaban J connectivity index is 1.23. The predicted octanol–water partition coefficient (Wildman–Crippen LogP) is 4.43. The molecule has 0 spiro atoms. The zero-order valence-corrected chi connectivity index (χ0v) is 25.4. The molecule has 1 saturated carbocycles. The highest BCUT2D eigenvalue weighted by Gasteiger charge is 2.30. The van der Waals surface area contributed by atoms with Gasteiger partial charge in [-0.15, -0.1) is 0 Å². The minimum Gasteiger partial charge on any atom is -0.490 e. The Morgan fingerprint density at radius 2 is 1.90 bits per heavy atom. The molecule has 2 N–H and O–H groups in total. The van der Waals surface area contributed by atoms with E-state index in [0.29, 0.717) is 12.6 Å². The SMILES string of the molecule is Cc1cc(N(C)C(=O)C2CCC(Oc3cccc(COCC(=O)NC(C)C)c3)CC2)ccc1CN1CCN[C@@H](C)C1. The van der Waals surface area contributed by atoms with Gasteiger partial charge in [-0.25, -0.2) is 0 Å². The number of amides is 2. The van der Waals surface area contributed by atoms with Gasteiger partial charge in [-0.2, -0.15) is 0 Å². The van der Waals surface area contributed by atoms with Crippen LogP contribution in [0.15, 0.2) is 42.5 Å². The van der Waals surface area contributed by atoms with Gasteiger partial charge < -0.3 is 25.0 Å². The van der Waals surface area contributed by atoms with Crippen molar-refractivity contribution in [2.45, 2.75) is 84.7 Å². The normalized spacial score (nSPS) is 21.5. The molecule has 1 heterocycles. The number of nitrogens with one attached hydrogen (secondary N) is 2. The lowest BCUT2D eigenvalue weighted by Crippen LogP contribution is -2.48. The summed E-state index contributed by atoms with van der Waals surface area (Å²) in [5.41, 5.74) is 4.49. The van der Waals surface area contributed by atoms with E-state index >= 15 is 0 Å². The molecule has 224 valence electrons. The molecule has 0 unspecified atom stereocenters. The van der Waals surface area contributed by atoms with Crippen molar-refractivity contribution < 1.29 is 19.1 Å². The fourth-order valence-electron chi connectivity index (χ4n) is 5.82. The topological polar surface area (TPSA) is 83.1 Å². The third-order valence-corrected chi connectivity index (χ3v) is 8.07. The van der Waals surface area contributed by atoms with Crippen molar-refractivity contribution in [2.75, 3.05) is 38.2 Å². The number of carbonyl (C=O) groups is 2. The molecule has 0 bridgehead atoms. The van der Waals surface area contributed by atoms with Crippen LogP contribution in [0, 0.1) is 12.8 Å². The molecule has 1 saturated heterocycles. The van der Waals surface area contributed by atoms with Crippen LogP contribution >= 0.6 is 0 Å². The number of nitrogens with zero attached hydrogens (tertiary/aromatic N) is 2. The second-order valence-electron chi connectivity index (χ2n) is 12.1. The van der Waals surface area contributed by atoms with E-state index in [0.717, 1.165) is 68.9 Å². The first kappa shape index (κ1) is 31.0. The summed E-state index contributed by atoms with van der Waals surface area (Å²) in [6, 6.07) is 14.9. The summed E-state index contributed by atoms with van der Waals surface area (Å²) in [6.07, 6.45) is 3.43. The second-order valence-corrected chi connectivity index (χ2v) is 12.1. The fraction of sp³-hybridized carbons (Fsp3) is 0.576. The van der Waals surface area contributed by atoms with E-state index in [1.165, 1.54) is 11.1 Å². The van der Waals surface area contributed by atoms with E-state index in [-0.39, 0.29) is 36.5 Å². The predicted molar refractivity (Wildman–Crippen MR) is 163 cm³/mol. The molecule has 2 amide bonds. The Labute approximate surface area is 245 Å². The number of aryl methyl sites for hydroxylation is 1. The van der Waals surface area contributed by atoms with Crippen LogP contribution in [0.25, 0.3) is 0 Å². The van der Waals surface area contributed by atoms with Crippen molar-refractivity contribution in [3.63, 3.8) is 0 Å². The average molecular weight is 565 g/mol. The highest BCUT2D eigenvalue weighted by molar-refractivity contribution is 5.94. The molecular formula is C33H48N4O4. The van der Waals surface area contributed by atoms with Crippen LogP contribution in [0.4, 0.5) is 5.69 Å². The number of anilines is 1. The monoisotopic (exact) mass is 564 g/mol. The zero-order valence-electron chi connectivity index (χ0n) is 25.4. The summed E-state index contributed by atoms with van der Waals surface area (Å²) in [5.74, 6) is 0.888. The molecule has 8 nitrogen and oxygen atoms in total. The first-order valence-corrected chi connectivity index (χ1v) is 15.1. The zero-order chi connectivity index (χ0) is 29.4. The molecule has 1 aliphatic carbocycles. The van der Waals surface area contributed by atoms with Crippen molar-refractivity contribution >= 4 is 17.5 Å². The fourth-order valence-corrected chi connectivity index (χ4v) is 5.82. The van der Waals surface area contributed by atoms with Crippen LogP contribution in [0.2, 0.25) is 0 Å². The maximum Gasteiger partial charge on any atom is 0.246 e. The molecular weight excluding hydrogens is 516 g/mol. The summed E-state index contributed by atoms with van der Waals surface area (Å²) in [6.45, 7) is 12.7. The van der Waals surface area contributed by atoms with Gasteiger partial charge in [-0.1, -0.05) is 18.2 Å². The molecule has 41 heavy (non-hydrogen) atoms. The Morgan fingerprint density at radius 1 is 1.12 bits per heavy atom. The van der Waals surface area contributed by atoms with Crippen LogP contribution < -0.4 is 20.3 Å². The van der Waals surface area contributed by atoms with Gasteiger partial charge in [0.1, 0.15) is 12.4 Å². The first-order chi connectivity index (χ1) is 19.7. The van der Waals surface area contributed by atoms with Crippen molar-refractivity contribution in [3.05, 3.63) is 59.2 Å². The minimum absolute atomic E-state index is 0.0129. The lowest BCUT2D eigenvalue weighted by Gasteiger charge is -2.32. The summed E-state index contributed by atoms with van der Waals surface area (Å²) in [5, 5.41) is 6.32. The number of benzene rings is 2. The van der Waals surface area contributed by atoms with E-state index in [1.807, 2.05) is 50.1 Å². The Morgan fingerprint density at radius 3 is 2.61 bits per heavy atom. The standard InChI is InChI=1S/C33H48N4O4/c1-23(2)35-32(38)22-40-21-26-7-6-8-31(18-26)41-30-13-10-27(11-14-30)33(39)36(5)29-12-9-28(24(3)17-29)20-37-16-15-34-25(4)19-37/h6-9,12,17-18,23,25,27,30,34H,10-11,13-16,19-22H2,1-5H3,(H,35,38)/t25-,27?,30?/m0/s1. The first-order valence-electron chi connectivity index (χ1n) is 15.1. The van der Waals surface area contributed by atoms with Crippen molar-refractivity contribution in [1.82, 2.24) is 15.5 Å². The molecule has 0 radical (unpaired) electrons. The molecule has 2 aromatic carbocycles. The number of hydrogen-bond donors (Lipinski definition) is 2. The van der Waals surface area contributed by atoms with Gasteiger partial charge in [0.25, 0.3) is 0 Å². The Bertz CT molecular complexity index is 1160. The van der Waals surface area contributed by atoms with E-state index in [4.69, 9.17) is 9.47 Å². The largest absolute Gasteiger partial charge is 0.490 e. The summed E-state index contributed by atoms with van der Waals surface area (Å²) in [4.78, 5) is 29.5. The van der Waals surface area contributed by atoms with E-state index < -0.39 is 0 Å². The lowest BCUT2D eigenvalue weighted by atomic mass is 9.86. The van der Waals surface area contributed by atoms with Crippen LogP contribution in [-0.2, 0) is 27.5 Å². The van der Waals surface area contributed by atoms with Gasteiger partial charge in [0, 0.05) is 56.9 Å². The number of hydrogen-bond acceptors (Lipinski definition) is 6. The Kier molecular flexibility index (Phi) is 11.2. The van der Waals surface area contributed by atoms with Gasteiger partial charge in [-0.05, 0) is 94.3 Å². The number of rotatable bonds is 11. The maximum absolute atomic E-state index is 13.4. The Hall–Kier alpha value is -2.94. The van der Waals surface area contributed by atoms with Crippen molar-refractivity contribution in [2.24, 2.45) is 5.92 Å². The second kappa shape index (κ2) is 14.8. The van der Waals surface area contributed by atoms with Gasteiger partial charge >= 0.3 is 0 Å². The lowest BCUT2D eigenvalue weighted by molar-refractivity contribution is -0.126. The van der Waals surface area contributed by atoms with Gasteiger partial charge in [0.2, 0.25) is 11.8 Å². The molecule has 2 aliphatic rings. The van der Waals surface area contributed by atoms with E-state index in [9.17, 15) is 9.59 Å². The maximum atomic E-state index is 13.4. The quantitative estimate of drug-likeness (QED) is 0.420. The summed E-state index contributed by atoms with van der Waals surface area (Å²) in [7, 11) is 1.90. The minimum atomic E-state index is -0.114. The average Bonchev–Trinajstić information content (AvgIpc) is 2.94. The molecule has 1 aliphatic heterocycles. The van der Waals surface area contributed by atoms with Crippen LogP contribution in [0.1, 0.15) is 63.1 Å². The highest BCUT2D eigenvalue weighted by atomic mass is 16.5.